The van der Waals surface area contributed by atoms with E-state index in [4.69, 9.17) is 16.6 Å². The van der Waals surface area contributed by atoms with Crippen molar-refractivity contribution >= 4 is 11.9 Å². The number of aliphatic imine (C=N–C) groups is 1. The summed E-state index contributed by atoms with van der Waals surface area (Å²) in [5.41, 5.74) is 10.0. The summed E-state index contributed by atoms with van der Waals surface area (Å²) >= 11 is 0. The molecule has 0 unspecified atom stereocenters. The van der Waals surface area contributed by atoms with Crippen LogP contribution in [0.2, 0.25) is 0 Å². The maximum absolute atomic E-state index is 8.70. The minimum Gasteiger partial charge on any atom is -0.493 e. The van der Waals surface area contributed by atoms with Crippen molar-refractivity contribution in [2.24, 2.45) is 16.5 Å². The van der Waals surface area contributed by atoms with Crippen molar-refractivity contribution in [3.05, 3.63) is 6.20 Å². The lowest BCUT2D eigenvalue weighted by molar-refractivity contribution is 0.457. The Hall–Kier alpha value is -1.72. The molecule has 54 valence electrons. The maximum atomic E-state index is 8.70. The monoisotopic (exact) mass is 141 g/mol. The molecule has 1 aromatic heterocycles. The number of nitrogens with zero attached hydrogens (tertiary/aromatic N) is 2. The van der Waals surface area contributed by atoms with Gasteiger partial charge >= 0.3 is 0 Å². The number of hydrogen-bond acceptors (Lipinski definition) is 3. The summed E-state index contributed by atoms with van der Waals surface area (Å²) in [4.78, 5) is 9.53. The number of rotatable bonds is 1. The molecule has 0 aliphatic heterocycles. The van der Waals surface area contributed by atoms with Crippen molar-refractivity contribution in [3.8, 4) is 5.88 Å². The zero-order valence-electron chi connectivity index (χ0n) is 5.07. The minimum atomic E-state index is -0.102. The van der Waals surface area contributed by atoms with E-state index in [1.54, 1.807) is 0 Å². The number of aromatic hydroxyl groups is 1. The van der Waals surface area contributed by atoms with Crippen LogP contribution in [0.25, 0.3) is 0 Å². The molecular weight excluding hydrogens is 134 g/mol. The van der Waals surface area contributed by atoms with Crippen LogP contribution in [0.3, 0.4) is 0 Å². The number of nitrogens with two attached hydrogens (primary N) is 2. The van der Waals surface area contributed by atoms with E-state index in [2.05, 4.69) is 15.0 Å². The summed E-state index contributed by atoms with van der Waals surface area (Å²) in [7, 11) is 0. The van der Waals surface area contributed by atoms with E-state index >= 15 is 0 Å². The Labute approximate surface area is 56.6 Å². The van der Waals surface area contributed by atoms with Gasteiger partial charge in [0.15, 0.2) is 5.96 Å². The van der Waals surface area contributed by atoms with Crippen molar-refractivity contribution in [1.29, 1.82) is 0 Å². The lowest BCUT2D eigenvalue weighted by Crippen LogP contribution is -2.22. The molecule has 0 aliphatic carbocycles. The number of aromatic nitrogens is 2. The van der Waals surface area contributed by atoms with Gasteiger partial charge in [-0.1, -0.05) is 0 Å². The standard InChI is InChI=1S/C4H7N5O/c5-3(6)9-4-7-1-2(10)8-4/h1,10H,(H5,5,6,7,8,9). The Kier molecular flexibility index (Phi) is 1.44. The third kappa shape index (κ3) is 1.38. The van der Waals surface area contributed by atoms with Gasteiger partial charge in [-0.3, -0.25) is 4.98 Å². The topological polar surface area (TPSA) is 113 Å². The summed E-state index contributed by atoms with van der Waals surface area (Å²) in [6.45, 7) is 0. The molecule has 0 radical (unpaired) electrons. The Morgan fingerprint density at radius 3 is 2.80 bits per heavy atom. The number of nitrogens with one attached hydrogen (secondary N) is 1. The molecule has 6 nitrogen and oxygen atoms in total. The maximum Gasteiger partial charge on any atom is 0.232 e. The molecule has 10 heavy (non-hydrogen) atoms. The first-order chi connectivity index (χ1) is 4.68. The van der Waals surface area contributed by atoms with Crippen molar-refractivity contribution < 1.29 is 5.11 Å². The van der Waals surface area contributed by atoms with Crippen molar-refractivity contribution in [3.63, 3.8) is 0 Å². The number of hydrogen-bond donors (Lipinski definition) is 4. The predicted octanol–water partition coefficient (Wildman–Crippen LogP) is -0.980. The van der Waals surface area contributed by atoms with E-state index in [0.29, 0.717) is 0 Å². The van der Waals surface area contributed by atoms with Gasteiger partial charge in [0.25, 0.3) is 0 Å². The van der Waals surface area contributed by atoms with E-state index in [1.807, 2.05) is 0 Å². The third-order valence-corrected chi connectivity index (χ3v) is 0.784. The van der Waals surface area contributed by atoms with Crippen LogP contribution in [0.5, 0.6) is 5.88 Å². The predicted molar refractivity (Wildman–Crippen MR) is 35.7 cm³/mol. The Bertz CT molecular complexity index is 248. The fraction of sp³-hybridized carbons (Fsp3) is 0. The number of aromatic amines is 1. The smallest absolute Gasteiger partial charge is 0.232 e. The van der Waals surface area contributed by atoms with E-state index < -0.39 is 0 Å². The first-order valence-electron chi connectivity index (χ1n) is 2.52. The van der Waals surface area contributed by atoms with Crippen LogP contribution < -0.4 is 11.5 Å². The van der Waals surface area contributed by atoms with Gasteiger partial charge < -0.3 is 16.6 Å². The van der Waals surface area contributed by atoms with E-state index in [0.717, 1.165) is 0 Å². The number of guanidine groups is 1. The molecule has 0 fully saturated rings. The quantitative estimate of drug-likeness (QED) is 0.297. The first-order valence-corrected chi connectivity index (χ1v) is 2.52. The molecule has 1 aromatic rings. The normalized spacial score (nSPS) is 9.20. The van der Waals surface area contributed by atoms with Crippen molar-refractivity contribution in [2.75, 3.05) is 0 Å². The molecule has 0 spiro atoms. The Morgan fingerprint density at radius 2 is 2.40 bits per heavy atom. The molecule has 6 N–H and O–H groups in total. The van der Waals surface area contributed by atoms with Gasteiger partial charge in [0.05, 0.1) is 6.20 Å². The fourth-order valence-corrected chi connectivity index (χ4v) is 0.480. The highest BCUT2D eigenvalue weighted by Gasteiger charge is 1.94. The van der Waals surface area contributed by atoms with Crippen LogP contribution >= 0.6 is 0 Å². The highest BCUT2D eigenvalue weighted by Crippen LogP contribution is 2.09. The van der Waals surface area contributed by atoms with Crippen LogP contribution in [-0.4, -0.2) is 21.0 Å². The average Bonchev–Trinajstić information content (AvgIpc) is 2.13. The largest absolute Gasteiger partial charge is 0.493 e. The van der Waals surface area contributed by atoms with Gasteiger partial charge in [0, 0.05) is 0 Å². The van der Waals surface area contributed by atoms with Gasteiger partial charge in [-0.15, -0.1) is 0 Å². The summed E-state index contributed by atoms with van der Waals surface area (Å²) in [5, 5.41) is 8.70. The molecule has 0 amide bonds. The minimum absolute atomic E-state index is 0.0694. The molecule has 6 heteroatoms. The molecule has 1 rings (SSSR count). The third-order valence-electron chi connectivity index (χ3n) is 0.784. The molecule has 0 aliphatic rings. The van der Waals surface area contributed by atoms with Gasteiger partial charge in [0.1, 0.15) is 0 Å². The molecule has 0 aromatic carbocycles. The molecule has 0 atom stereocenters. The highest BCUT2D eigenvalue weighted by molar-refractivity contribution is 5.77. The summed E-state index contributed by atoms with van der Waals surface area (Å²) < 4.78 is 0. The summed E-state index contributed by atoms with van der Waals surface area (Å²) in [5.74, 6) is 0.0202. The van der Waals surface area contributed by atoms with E-state index in [-0.39, 0.29) is 17.8 Å². The van der Waals surface area contributed by atoms with Gasteiger partial charge in [-0.2, -0.15) is 4.99 Å². The number of H-pyrrole nitrogens is 1. The van der Waals surface area contributed by atoms with Crippen LogP contribution in [-0.2, 0) is 0 Å². The van der Waals surface area contributed by atoms with Crippen molar-refractivity contribution in [2.45, 2.75) is 0 Å². The van der Waals surface area contributed by atoms with Crippen LogP contribution in [0.4, 0.5) is 5.95 Å². The molecule has 0 saturated heterocycles. The van der Waals surface area contributed by atoms with Gasteiger partial charge in [-0.25, -0.2) is 4.98 Å². The lowest BCUT2D eigenvalue weighted by atomic mass is 10.9. The summed E-state index contributed by atoms with van der Waals surface area (Å²) in [6, 6.07) is 0. The second kappa shape index (κ2) is 2.26. The molecule has 0 bridgehead atoms. The van der Waals surface area contributed by atoms with Crippen LogP contribution in [0.1, 0.15) is 0 Å². The van der Waals surface area contributed by atoms with E-state index in [9.17, 15) is 0 Å². The lowest BCUT2D eigenvalue weighted by Gasteiger charge is -1.85. The van der Waals surface area contributed by atoms with Gasteiger partial charge in [-0.05, 0) is 0 Å². The number of imidazole rings is 1. The van der Waals surface area contributed by atoms with Crippen LogP contribution in [0, 0.1) is 0 Å². The van der Waals surface area contributed by atoms with Crippen LogP contribution in [0.15, 0.2) is 11.2 Å². The van der Waals surface area contributed by atoms with Crippen molar-refractivity contribution in [1.82, 2.24) is 9.97 Å². The SMILES string of the molecule is NC(N)=Nc1ncc(O)[nH]1. The van der Waals surface area contributed by atoms with E-state index in [1.165, 1.54) is 6.20 Å². The van der Waals surface area contributed by atoms with Gasteiger partial charge in [0.2, 0.25) is 11.8 Å². The molecule has 1 heterocycles. The average molecular weight is 141 g/mol. The summed E-state index contributed by atoms with van der Waals surface area (Å²) in [6.07, 6.45) is 1.21. The zero-order chi connectivity index (χ0) is 7.56. The molecule has 0 saturated carbocycles. The highest BCUT2D eigenvalue weighted by atomic mass is 16.3. The first kappa shape index (κ1) is 6.40. The molecular formula is C4H7N5O. The second-order valence-corrected chi connectivity index (χ2v) is 1.63. The second-order valence-electron chi connectivity index (χ2n) is 1.63. The fourth-order valence-electron chi connectivity index (χ4n) is 0.480. The Balaban J connectivity index is 2.86. The Morgan fingerprint density at radius 1 is 1.70 bits per heavy atom. The zero-order valence-corrected chi connectivity index (χ0v) is 5.07.